The molecule has 1 aliphatic heterocycles. The molecule has 0 aliphatic carbocycles. The second kappa shape index (κ2) is 11.4. The number of guanidine groups is 1. The largest absolute Gasteiger partial charge is 0.450 e. The molecule has 140 valence electrons. The van der Waals surface area contributed by atoms with Gasteiger partial charge in [-0.25, -0.2) is 4.79 Å². The maximum atomic E-state index is 11.7. The zero-order valence-corrected chi connectivity index (χ0v) is 17.7. The van der Waals surface area contributed by atoms with Crippen molar-refractivity contribution in [2.24, 2.45) is 4.99 Å². The number of benzene rings is 1. The zero-order chi connectivity index (χ0) is 17.4. The minimum absolute atomic E-state index is 0. The number of carbonyl (C=O) groups is 1. The van der Waals surface area contributed by atoms with Crippen LogP contribution in [0.2, 0.25) is 5.02 Å². The summed E-state index contributed by atoms with van der Waals surface area (Å²) in [6, 6.07) is 8.03. The maximum Gasteiger partial charge on any atom is 0.409 e. The van der Waals surface area contributed by atoms with Crippen LogP contribution in [0.15, 0.2) is 29.3 Å². The van der Waals surface area contributed by atoms with Gasteiger partial charge in [0.15, 0.2) is 5.96 Å². The third-order valence-corrected chi connectivity index (χ3v) is 4.17. The summed E-state index contributed by atoms with van der Waals surface area (Å²) in [4.78, 5) is 17.7. The highest BCUT2D eigenvalue weighted by Crippen LogP contribution is 2.12. The number of nitrogens with zero attached hydrogens (tertiary/aromatic N) is 2. The third-order valence-electron chi connectivity index (χ3n) is 3.93. The second-order valence-electron chi connectivity index (χ2n) is 5.66. The second-order valence-corrected chi connectivity index (χ2v) is 6.10. The minimum atomic E-state index is -0.223. The molecule has 2 rings (SSSR count). The Hall–Kier alpha value is -1.22. The normalized spacial score (nSPS) is 15.3. The smallest absolute Gasteiger partial charge is 0.409 e. The maximum absolute atomic E-state index is 11.7. The summed E-state index contributed by atoms with van der Waals surface area (Å²) in [6.07, 6.45) is 1.52. The van der Waals surface area contributed by atoms with E-state index in [9.17, 15) is 4.79 Å². The molecular weight excluding hydrogens is 455 g/mol. The Balaban J connectivity index is 0.00000312. The van der Waals surface area contributed by atoms with Gasteiger partial charge < -0.3 is 20.3 Å². The van der Waals surface area contributed by atoms with Crippen molar-refractivity contribution in [3.63, 3.8) is 0 Å². The van der Waals surface area contributed by atoms with Gasteiger partial charge in [0.2, 0.25) is 0 Å². The third kappa shape index (κ3) is 7.27. The number of nitrogens with one attached hydrogen (secondary N) is 2. The molecule has 8 heteroatoms. The van der Waals surface area contributed by atoms with Gasteiger partial charge in [-0.15, -0.1) is 24.0 Å². The number of carbonyl (C=O) groups excluding carboxylic acids is 1. The average Bonchev–Trinajstić information content (AvgIpc) is 2.59. The van der Waals surface area contributed by atoms with Gasteiger partial charge in [0.05, 0.1) is 6.61 Å². The fourth-order valence-electron chi connectivity index (χ4n) is 2.64. The molecule has 0 radical (unpaired) electrons. The van der Waals surface area contributed by atoms with Gasteiger partial charge in [-0.3, -0.25) is 4.99 Å². The van der Waals surface area contributed by atoms with E-state index in [0.717, 1.165) is 29.4 Å². The summed E-state index contributed by atoms with van der Waals surface area (Å²) in [5.74, 6) is 0.754. The van der Waals surface area contributed by atoms with Crippen LogP contribution >= 0.6 is 35.6 Å². The molecule has 1 aliphatic rings. The lowest BCUT2D eigenvalue weighted by molar-refractivity contribution is 0.0963. The number of ether oxygens (including phenoxy) is 1. The molecule has 1 saturated heterocycles. The Morgan fingerprint density at radius 2 is 2.12 bits per heavy atom. The molecule has 0 unspecified atom stereocenters. The van der Waals surface area contributed by atoms with E-state index in [2.05, 4.69) is 15.6 Å². The Morgan fingerprint density at radius 1 is 1.40 bits per heavy atom. The molecule has 1 heterocycles. The molecule has 1 aromatic rings. The van der Waals surface area contributed by atoms with Crippen LogP contribution in [-0.2, 0) is 11.3 Å². The fourth-order valence-corrected chi connectivity index (χ4v) is 2.85. The zero-order valence-electron chi connectivity index (χ0n) is 14.6. The molecule has 1 fully saturated rings. The summed E-state index contributed by atoms with van der Waals surface area (Å²) in [5.41, 5.74) is 1.10. The van der Waals surface area contributed by atoms with Crippen molar-refractivity contribution in [1.29, 1.82) is 0 Å². The molecule has 1 aromatic carbocycles. The van der Waals surface area contributed by atoms with Gasteiger partial charge in [-0.1, -0.05) is 23.7 Å². The summed E-state index contributed by atoms with van der Waals surface area (Å²) in [7, 11) is 1.75. The Morgan fingerprint density at radius 3 is 2.72 bits per heavy atom. The number of likely N-dealkylation sites (tertiary alicyclic amines) is 1. The van der Waals surface area contributed by atoms with E-state index in [1.165, 1.54) is 0 Å². The molecule has 0 aromatic heterocycles. The topological polar surface area (TPSA) is 66.0 Å². The minimum Gasteiger partial charge on any atom is -0.450 e. The van der Waals surface area contributed by atoms with Crippen LogP contribution < -0.4 is 10.6 Å². The average molecular weight is 481 g/mol. The van der Waals surface area contributed by atoms with Crippen LogP contribution in [0, 0.1) is 0 Å². The van der Waals surface area contributed by atoms with E-state index in [1.807, 2.05) is 31.2 Å². The first-order valence-corrected chi connectivity index (χ1v) is 8.63. The van der Waals surface area contributed by atoms with Gasteiger partial charge in [0.25, 0.3) is 0 Å². The molecule has 0 atom stereocenters. The van der Waals surface area contributed by atoms with Crippen molar-refractivity contribution < 1.29 is 9.53 Å². The van der Waals surface area contributed by atoms with Gasteiger partial charge in [0, 0.05) is 37.7 Å². The van der Waals surface area contributed by atoms with Gasteiger partial charge in [-0.2, -0.15) is 0 Å². The highest BCUT2D eigenvalue weighted by Gasteiger charge is 2.23. The molecule has 0 bridgehead atoms. The molecule has 0 saturated carbocycles. The molecule has 2 N–H and O–H groups in total. The molecule has 25 heavy (non-hydrogen) atoms. The highest BCUT2D eigenvalue weighted by molar-refractivity contribution is 14.0. The number of piperidine rings is 1. The van der Waals surface area contributed by atoms with Crippen LogP contribution in [0.25, 0.3) is 0 Å². The number of amides is 1. The first-order chi connectivity index (χ1) is 11.6. The summed E-state index contributed by atoms with van der Waals surface area (Å²) in [5, 5.41) is 7.42. The molecule has 6 nitrogen and oxygen atoms in total. The molecule has 0 spiro atoms. The van der Waals surface area contributed by atoms with Crippen LogP contribution in [0.4, 0.5) is 4.79 Å². The lowest BCUT2D eigenvalue weighted by Crippen LogP contribution is -2.49. The number of halogens is 2. The quantitative estimate of drug-likeness (QED) is 0.394. The predicted octanol–water partition coefficient (Wildman–Crippen LogP) is 3.24. The van der Waals surface area contributed by atoms with E-state index < -0.39 is 0 Å². The van der Waals surface area contributed by atoms with Crippen molar-refractivity contribution in [2.75, 3.05) is 26.7 Å². The van der Waals surface area contributed by atoms with Crippen molar-refractivity contribution >= 4 is 47.6 Å². The Bertz CT molecular complexity index is 578. The fraction of sp³-hybridized carbons (Fsp3) is 0.529. The number of hydrogen-bond acceptors (Lipinski definition) is 3. The van der Waals surface area contributed by atoms with E-state index in [0.29, 0.717) is 32.3 Å². The van der Waals surface area contributed by atoms with Crippen LogP contribution in [0.3, 0.4) is 0 Å². The van der Waals surface area contributed by atoms with Gasteiger partial charge in [-0.05, 0) is 37.5 Å². The first kappa shape index (κ1) is 21.8. The van der Waals surface area contributed by atoms with Crippen LogP contribution in [0.1, 0.15) is 25.3 Å². The summed E-state index contributed by atoms with van der Waals surface area (Å²) >= 11 is 6.00. The van der Waals surface area contributed by atoms with Gasteiger partial charge >= 0.3 is 6.09 Å². The first-order valence-electron chi connectivity index (χ1n) is 8.25. The Kier molecular flexibility index (Phi) is 9.96. The van der Waals surface area contributed by atoms with Crippen molar-refractivity contribution in [3.8, 4) is 0 Å². The van der Waals surface area contributed by atoms with Crippen LogP contribution in [-0.4, -0.2) is 49.7 Å². The van der Waals surface area contributed by atoms with Gasteiger partial charge in [0.1, 0.15) is 0 Å². The Labute approximate surface area is 171 Å². The van der Waals surface area contributed by atoms with Crippen molar-refractivity contribution in [3.05, 3.63) is 34.9 Å². The van der Waals surface area contributed by atoms with Crippen LogP contribution in [0.5, 0.6) is 0 Å². The lowest BCUT2D eigenvalue weighted by atomic mass is 10.1. The highest BCUT2D eigenvalue weighted by atomic mass is 127. The summed E-state index contributed by atoms with van der Waals surface area (Å²) in [6.45, 7) is 4.28. The molecular formula is C17H26ClIN4O2. The van der Waals surface area contributed by atoms with E-state index >= 15 is 0 Å². The van der Waals surface area contributed by atoms with E-state index in [-0.39, 0.29) is 30.1 Å². The van der Waals surface area contributed by atoms with E-state index in [1.54, 1.807) is 11.9 Å². The van der Waals surface area contributed by atoms with Crippen molar-refractivity contribution in [2.45, 2.75) is 32.4 Å². The SMILES string of the molecule is CCOC(=O)N1CCC(NC(=NC)NCc2cccc(Cl)c2)CC1.I. The van der Waals surface area contributed by atoms with Crippen molar-refractivity contribution in [1.82, 2.24) is 15.5 Å². The monoisotopic (exact) mass is 480 g/mol. The predicted molar refractivity (Wildman–Crippen MR) is 112 cm³/mol. The van der Waals surface area contributed by atoms with E-state index in [4.69, 9.17) is 16.3 Å². The lowest BCUT2D eigenvalue weighted by Gasteiger charge is -2.32. The number of aliphatic imine (C=N–C) groups is 1. The number of rotatable bonds is 4. The summed E-state index contributed by atoms with van der Waals surface area (Å²) < 4.78 is 5.04. The molecule has 1 amide bonds. The number of hydrogen-bond donors (Lipinski definition) is 2. The standard InChI is InChI=1S/C17H25ClN4O2.HI/c1-3-24-17(23)22-9-7-15(8-10-22)21-16(19-2)20-12-13-5-4-6-14(18)11-13;/h4-6,11,15H,3,7-10,12H2,1-2H3,(H2,19,20,21);1H.